The molecule has 2 aromatic carbocycles. The van der Waals surface area contributed by atoms with Crippen LogP contribution in [-0.2, 0) is 16.2 Å². The van der Waals surface area contributed by atoms with Crippen molar-refractivity contribution in [2.24, 2.45) is 4.40 Å². The number of ether oxygens (including phenoxy) is 1. The average Bonchev–Trinajstić information content (AvgIpc) is 2.67. The van der Waals surface area contributed by atoms with Crippen molar-refractivity contribution in [2.75, 3.05) is 12.3 Å². The van der Waals surface area contributed by atoms with Crippen LogP contribution in [0.2, 0.25) is 0 Å². The maximum atomic E-state index is 12.8. The Morgan fingerprint density at radius 1 is 1.03 bits per heavy atom. The first kappa shape index (κ1) is 19.3. The number of sulfonamides is 1. The van der Waals surface area contributed by atoms with Crippen LogP contribution in [0.5, 0.6) is 11.5 Å². The minimum atomic E-state index is -4.45. The Bertz CT molecular complexity index is 1130. The number of hydrogen-bond donors (Lipinski definition) is 0. The Hall–Kier alpha value is -3.07. The topological polar surface area (TPSA) is 59.0 Å². The zero-order chi connectivity index (χ0) is 20.6. The van der Waals surface area contributed by atoms with Gasteiger partial charge in [0.1, 0.15) is 11.5 Å². The normalized spacial score (nSPS) is 18.0. The second-order valence-corrected chi connectivity index (χ2v) is 8.22. The summed E-state index contributed by atoms with van der Waals surface area (Å²) < 4.78 is 71.6. The summed E-state index contributed by atoms with van der Waals surface area (Å²) in [5.74, 6) is 0.736. The highest BCUT2D eigenvalue weighted by molar-refractivity contribution is 7.90. The van der Waals surface area contributed by atoms with Gasteiger partial charge in [0.2, 0.25) is 0 Å². The van der Waals surface area contributed by atoms with Gasteiger partial charge in [0.15, 0.2) is 5.84 Å². The number of allylic oxidation sites excluding steroid dienone is 2. The monoisotopic (exact) mass is 420 g/mol. The molecule has 2 aliphatic rings. The van der Waals surface area contributed by atoms with E-state index in [1.54, 1.807) is 47.5 Å². The summed E-state index contributed by atoms with van der Waals surface area (Å²) in [7, 11) is -3.50. The van der Waals surface area contributed by atoms with E-state index in [0.29, 0.717) is 29.3 Å². The number of amidine groups is 1. The third-order valence-electron chi connectivity index (χ3n) is 4.42. The van der Waals surface area contributed by atoms with Gasteiger partial charge in [-0.25, -0.2) is 8.42 Å². The quantitative estimate of drug-likeness (QED) is 0.736. The van der Waals surface area contributed by atoms with Gasteiger partial charge >= 0.3 is 6.18 Å². The van der Waals surface area contributed by atoms with Crippen LogP contribution in [0.4, 0.5) is 13.2 Å². The summed E-state index contributed by atoms with van der Waals surface area (Å²) in [4.78, 5) is 1.77. The lowest BCUT2D eigenvalue weighted by molar-refractivity contribution is -0.137. The van der Waals surface area contributed by atoms with Gasteiger partial charge in [-0.15, -0.1) is 4.40 Å². The molecular weight excluding hydrogens is 405 g/mol. The molecule has 4 rings (SSSR count). The van der Waals surface area contributed by atoms with Crippen molar-refractivity contribution in [3.05, 3.63) is 78.0 Å². The van der Waals surface area contributed by atoms with Crippen LogP contribution >= 0.6 is 0 Å². The molecule has 0 fully saturated rings. The molecule has 0 amide bonds. The molecule has 0 N–H and O–H groups in total. The fraction of sp³-hybridized carbons (Fsp3) is 0.150. The minimum Gasteiger partial charge on any atom is -0.457 e. The van der Waals surface area contributed by atoms with E-state index in [-0.39, 0.29) is 11.5 Å². The third kappa shape index (κ3) is 4.19. The zero-order valence-electron chi connectivity index (χ0n) is 14.9. The maximum Gasteiger partial charge on any atom is 0.416 e. The Balaban J connectivity index is 1.58. The molecule has 0 saturated carbocycles. The third-order valence-corrected chi connectivity index (χ3v) is 5.57. The van der Waals surface area contributed by atoms with Crippen LogP contribution in [0, 0.1) is 0 Å². The number of hydrogen-bond acceptors (Lipinski definition) is 4. The first-order valence-corrected chi connectivity index (χ1v) is 10.3. The van der Waals surface area contributed by atoms with Crippen molar-refractivity contribution >= 4 is 21.4 Å². The molecule has 29 heavy (non-hydrogen) atoms. The molecule has 150 valence electrons. The number of benzene rings is 2. The predicted molar refractivity (Wildman–Crippen MR) is 103 cm³/mol. The maximum absolute atomic E-state index is 12.8. The van der Waals surface area contributed by atoms with Gasteiger partial charge in [0.25, 0.3) is 10.0 Å². The van der Waals surface area contributed by atoms with Gasteiger partial charge in [-0.3, -0.25) is 0 Å². The summed E-state index contributed by atoms with van der Waals surface area (Å²) in [5, 5.41) is 0. The zero-order valence-corrected chi connectivity index (χ0v) is 15.7. The van der Waals surface area contributed by atoms with Gasteiger partial charge < -0.3 is 9.64 Å². The van der Waals surface area contributed by atoms with Crippen LogP contribution in [-0.4, -0.2) is 31.5 Å². The fourth-order valence-corrected chi connectivity index (χ4v) is 4.00. The number of halogens is 3. The second-order valence-electron chi connectivity index (χ2n) is 6.47. The van der Waals surface area contributed by atoms with E-state index in [1.165, 1.54) is 12.1 Å². The molecule has 5 nitrogen and oxygen atoms in total. The molecule has 2 heterocycles. The Labute approximate surface area is 165 Å². The second kappa shape index (κ2) is 7.07. The lowest BCUT2D eigenvalue weighted by Crippen LogP contribution is -2.37. The van der Waals surface area contributed by atoms with Crippen molar-refractivity contribution in [1.82, 2.24) is 4.90 Å². The van der Waals surface area contributed by atoms with Crippen LogP contribution in [0.1, 0.15) is 11.1 Å². The van der Waals surface area contributed by atoms with Crippen molar-refractivity contribution in [1.29, 1.82) is 0 Å². The van der Waals surface area contributed by atoms with E-state index in [1.807, 2.05) is 0 Å². The highest BCUT2D eigenvalue weighted by Gasteiger charge is 2.31. The standard InChI is InChI=1S/C20H15F3N2O3S/c21-20(22,23)15-3-1-4-17(13-15)28-16-8-6-14(7-9-16)18-5-2-10-25-11-12-29(26,27)24-19(18)25/h1-10,13H,11-12H2. The Kier molecular flexibility index (Phi) is 4.70. The van der Waals surface area contributed by atoms with E-state index < -0.39 is 21.8 Å². The molecule has 0 bridgehead atoms. The summed E-state index contributed by atoms with van der Waals surface area (Å²) in [6.45, 7) is 0.325. The van der Waals surface area contributed by atoms with Gasteiger partial charge in [0, 0.05) is 18.3 Å². The smallest absolute Gasteiger partial charge is 0.416 e. The fourth-order valence-electron chi connectivity index (χ4n) is 3.02. The van der Waals surface area contributed by atoms with Gasteiger partial charge in [-0.1, -0.05) is 18.2 Å². The molecule has 2 aromatic rings. The van der Waals surface area contributed by atoms with Crippen molar-refractivity contribution < 1.29 is 26.3 Å². The summed E-state index contributed by atoms with van der Waals surface area (Å²) in [5.41, 5.74) is 0.565. The number of fused-ring (bicyclic) bond motifs is 1. The van der Waals surface area contributed by atoms with Gasteiger partial charge in [0.05, 0.1) is 11.3 Å². The van der Waals surface area contributed by atoms with E-state index in [2.05, 4.69) is 4.40 Å². The van der Waals surface area contributed by atoms with Crippen molar-refractivity contribution in [2.45, 2.75) is 6.18 Å². The van der Waals surface area contributed by atoms with Gasteiger partial charge in [-0.2, -0.15) is 13.2 Å². The number of alkyl halides is 3. The average molecular weight is 420 g/mol. The number of nitrogens with zero attached hydrogens (tertiary/aromatic N) is 2. The van der Waals surface area contributed by atoms with Crippen molar-refractivity contribution in [3.8, 4) is 11.5 Å². The summed E-state index contributed by atoms with van der Waals surface area (Å²) >= 11 is 0. The summed E-state index contributed by atoms with van der Waals surface area (Å²) in [6, 6.07) is 11.3. The van der Waals surface area contributed by atoms with Crippen LogP contribution in [0.3, 0.4) is 0 Å². The van der Waals surface area contributed by atoms with E-state index in [9.17, 15) is 21.6 Å². The molecule has 9 heteroatoms. The molecule has 0 aliphatic carbocycles. The highest BCUT2D eigenvalue weighted by atomic mass is 32.2. The molecular formula is C20H15F3N2O3S. The van der Waals surface area contributed by atoms with E-state index >= 15 is 0 Å². The molecule has 0 radical (unpaired) electrons. The lowest BCUT2D eigenvalue weighted by Gasteiger charge is -2.29. The van der Waals surface area contributed by atoms with E-state index in [4.69, 9.17) is 4.74 Å². The first-order valence-electron chi connectivity index (χ1n) is 8.65. The van der Waals surface area contributed by atoms with Gasteiger partial charge in [-0.05, 0) is 48.0 Å². The SMILES string of the molecule is O=S1(=O)CCN2C=CC=C(c3ccc(Oc4cccc(C(F)(F)F)c4)cc3)C2=N1. The molecule has 0 unspecified atom stereocenters. The Morgan fingerprint density at radius 2 is 1.79 bits per heavy atom. The molecule has 0 atom stereocenters. The van der Waals surface area contributed by atoms with Crippen LogP contribution in [0.15, 0.2) is 71.3 Å². The van der Waals surface area contributed by atoms with Crippen LogP contribution < -0.4 is 4.74 Å². The minimum absolute atomic E-state index is 0.0438. The predicted octanol–water partition coefficient (Wildman–Crippen LogP) is 4.45. The Morgan fingerprint density at radius 3 is 2.52 bits per heavy atom. The van der Waals surface area contributed by atoms with Crippen molar-refractivity contribution in [3.63, 3.8) is 0 Å². The highest BCUT2D eigenvalue weighted by Crippen LogP contribution is 2.33. The number of rotatable bonds is 3. The van der Waals surface area contributed by atoms with Crippen LogP contribution in [0.25, 0.3) is 5.57 Å². The first-order chi connectivity index (χ1) is 13.7. The molecule has 0 saturated heterocycles. The lowest BCUT2D eigenvalue weighted by atomic mass is 10.0. The molecule has 0 spiro atoms. The molecule has 2 aliphatic heterocycles. The van der Waals surface area contributed by atoms with E-state index in [0.717, 1.165) is 12.1 Å². The molecule has 0 aromatic heterocycles. The summed E-state index contributed by atoms with van der Waals surface area (Å²) in [6.07, 6.45) is 0.886. The largest absolute Gasteiger partial charge is 0.457 e.